The van der Waals surface area contributed by atoms with Crippen LogP contribution >= 0.6 is 0 Å². The molecule has 1 aliphatic rings. The lowest BCUT2D eigenvalue weighted by Gasteiger charge is -1.96. The highest BCUT2D eigenvalue weighted by molar-refractivity contribution is 5.79. The van der Waals surface area contributed by atoms with Crippen molar-refractivity contribution in [1.82, 2.24) is 10.2 Å². The van der Waals surface area contributed by atoms with Crippen LogP contribution in [-0.4, -0.2) is 10.9 Å². The van der Waals surface area contributed by atoms with E-state index in [1.165, 1.54) is 11.1 Å². The fraction of sp³-hybridized carbons (Fsp3) is 0. The topological polar surface area (TPSA) is 32.1 Å². The highest BCUT2D eigenvalue weighted by atomic mass is 16.2. The summed E-state index contributed by atoms with van der Waals surface area (Å²) >= 11 is 0. The van der Waals surface area contributed by atoms with E-state index in [2.05, 4.69) is 11.9 Å². The van der Waals surface area contributed by atoms with Crippen LogP contribution in [0.4, 0.5) is 4.79 Å². The Hall–Kier alpha value is -1.25. The van der Waals surface area contributed by atoms with Gasteiger partial charge < -0.3 is 5.32 Å². The average Bonchev–Trinajstić information content (AvgIpc) is 2.45. The number of nitrogens with one attached hydrogen (secondary N) is 1. The molecule has 42 valence electrons. The molecule has 0 bridgehead atoms. The lowest BCUT2D eigenvalue weighted by atomic mass is 10.9. The first-order valence-corrected chi connectivity index (χ1v) is 2.22. The molecular weight excluding hydrogens is 104 g/mol. The molecule has 1 rings (SSSR count). The quantitative estimate of drug-likeness (QED) is 0.527. The minimum atomic E-state index is -0.153. The molecule has 0 fully saturated rings. The van der Waals surface area contributed by atoms with Crippen molar-refractivity contribution in [2.75, 3.05) is 0 Å². The van der Waals surface area contributed by atoms with E-state index >= 15 is 0 Å². The maximum absolute atomic E-state index is 10.5. The van der Waals surface area contributed by atoms with Crippen LogP contribution in [0.25, 0.3) is 0 Å². The van der Waals surface area contributed by atoms with Gasteiger partial charge in [-0.3, -0.25) is 4.90 Å². The number of hydrogen-bond acceptors (Lipinski definition) is 1. The maximum atomic E-state index is 10.5. The van der Waals surface area contributed by atoms with Crippen molar-refractivity contribution in [2.24, 2.45) is 0 Å². The molecule has 0 aromatic heterocycles. The third kappa shape index (κ3) is 0.872. The Kier molecular flexibility index (Phi) is 1.04. The van der Waals surface area contributed by atoms with Crippen LogP contribution in [0.1, 0.15) is 0 Å². The van der Waals surface area contributed by atoms with Gasteiger partial charge in [-0.1, -0.05) is 6.58 Å². The Morgan fingerprint density at radius 2 is 2.38 bits per heavy atom. The van der Waals surface area contributed by atoms with E-state index in [1.54, 1.807) is 12.4 Å². The van der Waals surface area contributed by atoms with Crippen LogP contribution in [0.3, 0.4) is 0 Å². The van der Waals surface area contributed by atoms with Crippen molar-refractivity contribution in [3.63, 3.8) is 0 Å². The number of rotatable bonds is 1. The number of urea groups is 1. The minimum Gasteiger partial charge on any atom is -0.315 e. The molecule has 0 saturated heterocycles. The smallest absolute Gasteiger partial charge is 0.315 e. The molecule has 1 aliphatic heterocycles. The van der Waals surface area contributed by atoms with Crippen molar-refractivity contribution in [3.8, 4) is 0 Å². The van der Waals surface area contributed by atoms with Crippen molar-refractivity contribution in [3.05, 3.63) is 25.2 Å². The summed E-state index contributed by atoms with van der Waals surface area (Å²) in [4.78, 5) is 11.9. The summed E-state index contributed by atoms with van der Waals surface area (Å²) in [5, 5.41) is 2.40. The number of nitrogens with zero attached hydrogens (tertiary/aromatic N) is 1. The molecular formula is C5H6N2O. The summed E-state index contributed by atoms with van der Waals surface area (Å²) in [6.45, 7) is 3.32. The van der Waals surface area contributed by atoms with E-state index in [9.17, 15) is 4.79 Å². The first-order valence-electron chi connectivity index (χ1n) is 2.22. The van der Waals surface area contributed by atoms with E-state index in [4.69, 9.17) is 0 Å². The highest BCUT2D eigenvalue weighted by Crippen LogP contribution is 2.04. The summed E-state index contributed by atoms with van der Waals surface area (Å²) in [5.41, 5.74) is 0. The molecule has 0 saturated carbocycles. The van der Waals surface area contributed by atoms with E-state index < -0.39 is 0 Å². The molecule has 0 aromatic rings. The minimum absolute atomic E-state index is 0.153. The second kappa shape index (κ2) is 1.69. The van der Waals surface area contributed by atoms with Crippen LogP contribution in [0, 0.1) is 0 Å². The van der Waals surface area contributed by atoms with Crippen LogP contribution in [0.15, 0.2) is 25.2 Å². The Balaban J connectivity index is 2.24. The Morgan fingerprint density at radius 1 is 1.75 bits per heavy atom. The van der Waals surface area contributed by atoms with Crippen molar-refractivity contribution < 1.29 is 4.79 Å². The van der Waals surface area contributed by atoms with Gasteiger partial charge in [0.2, 0.25) is 0 Å². The predicted molar refractivity (Wildman–Crippen MR) is 29.7 cm³/mol. The summed E-state index contributed by atoms with van der Waals surface area (Å²) in [6, 6.07) is -0.153. The Bertz CT molecular complexity index is 145. The van der Waals surface area contributed by atoms with Gasteiger partial charge >= 0.3 is 6.03 Å². The average molecular weight is 110 g/mol. The Labute approximate surface area is 47.3 Å². The van der Waals surface area contributed by atoms with Gasteiger partial charge in [-0.25, -0.2) is 4.79 Å². The van der Waals surface area contributed by atoms with E-state index in [0.29, 0.717) is 0 Å². The second-order valence-electron chi connectivity index (χ2n) is 1.36. The van der Waals surface area contributed by atoms with Gasteiger partial charge in [0, 0.05) is 12.4 Å². The lowest BCUT2D eigenvalue weighted by Crippen LogP contribution is -2.22. The van der Waals surface area contributed by atoms with Gasteiger partial charge in [0.1, 0.15) is 0 Å². The van der Waals surface area contributed by atoms with Crippen molar-refractivity contribution >= 4 is 6.03 Å². The standard InChI is InChI=1S/C5H6N2O/c1-2-6-5(8)7-3-4-7/h2-4H,1H2,(H,6,8). The second-order valence-corrected chi connectivity index (χ2v) is 1.36. The zero-order valence-corrected chi connectivity index (χ0v) is 4.29. The van der Waals surface area contributed by atoms with E-state index in [0.717, 1.165) is 0 Å². The van der Waals surface area contributed by atoms with Gasteiger partial charge in [0.25, 0.3) is 0 Å². The van der Waals surface area contributed by atoms with Crippen molar-refractivity contribution in [1.29, 1.82) is 0 Å². The molecule has 0 aromatic carbocycles. The van der Waals surface area contributed by atoms with Crippen LogP contribution < -0.4 is 5.32 Å². The molecule has 8 heavy (non-hydrogen) atoms. The van der Waals surface area contributed by atoms with Crippen LogP contribution in [0.5, 0.6) is 0 Å². The molecule has 0 atom stereocenters. The monoisotopic (exact) mass is 110 g/mol. The third-order valence-corrected chi connectivity index (χ3v) is 0.758. The highest BCUT2D eigenvalue weighted by Gasteiger charge is 2.12. The Morgan fingerprint density at radius 3 is 2.75 bits per heavy atom. The first kappa shape index (κ1) is 4.90. The lowest BCUT2D eigenvalue weighted by molar-refractivity contribution is 0.235. The van der Waals surface area contributed by atoms with Gasteiger partial charge in [-0.2, -0.15) is 0 Å². The summed E-state index contributed by atoms with van der Waals surface area (Å²) in [6.07, 6.45) is 4.68. The zero-order chi connectivity index (χ0) is 5.98. The number of carbonyl (C=O) groups is 1. The third-order valence-electron chi connectivity index (χ3n) is 0.758. The normalized spacial score (nSPS) is 13.2. The van der Waals surface area contributed by atoms with Crippen LogP contribution in [-0.2, 0) is 0 Å². The molecule has 3 heteroatoms. The molecule has 3 nitrogen and oxygen atoms in total. The fourth-order valence-corrected chi connectivity index (χ4v) is 0.331. The zero-order valence-electron chi connectivity index (χ0n) is 4.29. The summed E-state index contributed by atoms with van der Waals surface area (Å²) in [5.74, 6) is 0. The van der Waals surface area contributed by atoms with Gasteiger partial charge in [0.15, 0.2) is 0 Å². The number of carbonyl (C=O) groups excluding carboxylic acids is 1. The SMILES string of the molecule is C=CNC(=O)N1C=C1. The maximum Gasteiger partial charge on any atom is 0.329 e. The molecule has 2 amide bonds. The predicted octanol–water partition coefficient (Wildman–Crippen LogP) is 0.626. The first-order chi connectivity index (χ1) is 3.84. The van der Waals surface area contributed by atoms with Crippen LogP contribution in [0.2, 0.25) is 0 Å². The van der Waals surface area contributed by atoms with E-state index in [1.807, 2.05) is 0 Å². The number of amides is 2. The van der Waals surface area contributed by atoms with Gasteiger partial charge in [0.05, 0.1) is 0 Å². The van der Waals surface area contributed by atoms with Gasteiger partial charge in [-0.15, -0.1) is 0 Å². The number of hydrogen-bond donors (Lipinski definition) is 1. The van der Waals surface area contributed by atoms with Crippen molar-refractivity contribution in [2.45, 2.75) is 0 Å². The molecule has 0 radical (unpaired) electrons. The summed E-state index contributed by atoms with van der Waals surface area (Å²) < 4.78 is 0. The fourth-order valence-electron chi connectivity index (χ4n) is 0.331. The van der Waals surface area contributed by atoms with Gasteiger partial charge in [-0.05, 0) is 6.20 Å². The largest absolute Gasteiger partial charge is 0.329 e. The molecule has 1 N–H and O–H groups in total. The molecule has 1 heterocycles. The summed E-state index contributed by atoms with van der Waals surface area (Å²) in [7, 11) is 0. The molecule has 0 unspecified atom stereocenters. The van der Waals surface area contributed by atoms with E-state index in [-0.39, 0.29) is 6.03 Å². The molecule has 0 aliphatic carbocycles. The molecule has 0 spiro atoms.